The van der Waals surface area contributed by atoms with E-state index in [2.05, 4.69) is 6.92 Å². The molecule has 4 heteroatoms. The molecule has 0 spiro atoms. The van der Waals surface area contributed by atoms with Gasteiger partial charge in [0, 0.05) is 5.56 Å². The Labute approximate surface area is 164 Å². The van der Waals surface area contributed by atoms with Gasteiger partial charge in [0.1, 0.15) is 12.2 Å². The largest absolute Gasteiger partial charge is 0.494 e. The molecule has 0 unspecified atom stereocenters. The molecule has 27 heavy (non-hydrogen) atoms. The summed E-state index contributed by atoms with van der Waals surface area (Å²) in [6, 6.07) is 6.98. The van der Waals surface area contributed by atoms with Gasteiger partial charge in [-0.1, -0.05) is 64.7 Å². The van der Waals surface area contributed by atoms with Gasteiger partial charge in [-0.2, -0.15) is 0 Å². The first kappa shape index (κ1) is 23.2. The third-order valence-corrected chi connectivity index (χ3v) is 4.55. The lowest BCUT2D eigenvalue weighted by atomic mass is 10.1. The van der Waals surface area contributed by atoms with Crippen molar-refractivity contribution in [3.8, 4) is 5.75 Å². The van der Waals surface area contributed by atoms with Crippen LogP contribution in [0.1, 0.15) is 94.8 Å². The van der Waals surface area contributed by atoms with Crippen LogP contribution in [-0.4, -0.2) is 25.0 Å². The zero-order valence-corrected chi connectivity index (χ0v) is 17.1. The number of unbranched alkanes of at least 4 members (excludes halogenated alkanes) is 9. The first-order valence-corrected chi connectivity index (χ1v) is 10.6. The molecule has 0 heterocycles. The minimum atomic E-state index is -0.483. The smallest absolute Gasteiger partial charge is 0.313 e. The Balaban J connectivity index is 2.09. The molecule has 0 saturated heterocycles. The summed E-state index contributed by atoms with van der Waals surface area (Å²) in [6.45, 7) is 4.97. The first-order chi connectivity index (χ1) is 13.2. The average Bonchev–Trinajstić information content (AvgIpc) is 2.66. The van der Waals surface area contributed by atoms with Gasteiger partial charge in [-0.25, -0.2) is 0 Å². The van der Waals surface area contributed by atoms with Crippen molar-refractivity contribution in [3.05, 3.63) is 29.8 Å². The first-order valence-electron chi connectivity index (χ1n) is 10.6. The maximum atomic E-state index is 12.0. The highest BCUT2D eigenvalue weighted by atomic mass is 16.5. The van der Waals surface area contributed by atoms with E-state index < -0.39 is 5.97 Å². The second kappa shape index (κ2) is 15.2. The molecule has 0 saturated carbocycles. The predicted molar refractivity (Wildman–Crippen MR) is 109 cm³/mol. The standard InChI is InChI=1S/C23H36O4/c1-3-5-6-7-8-9-10-11-12-13-18-27-21-16-14-20(15-17-21)22(24)19-23(25)26-4-2/h14-17H,3-13,18-19H2,1-2H3. The quantitative estimate of drug-likeness (QED) is 0.151. The second-order valence-electron chi connectivity index (χ2n) is 6.96. The van der Waals surface area contributed by atoms with E-state index in [1.54, 1.807) is 31.2 Å². The fourth-order valence-electron chi connectivity index (χ4n) is 2.96. The van der Waals surface area contributed by atoms with Gasteiger partial charge in [0.15, 0.2) is 5.78 Å². The van der Waals surface area contributed by atoms with Gasteiger partial charge in [0.2, 0.25) is 0 Å². The zero-order chi connectivity index (χ0) is 19.7. The molecule has 1 aromatic rings. The lowest BCUT2D eigenvalue weighted by Gasteiger charge is -2.07. The Morgan fingerprint density at radius 2 is 1.33 bits per heavy atom. The zero-order valence-electron chi connectivity index (χ0n) is 17.1. The Hall–Kier alpha value is -1.84. The molecule has 0 aliphatic rings. The summed E-state index contributed by atoms with van der Waals surface area (Å²) in [5.41, 5.74) is 0.509. The van der Waals surface area contributed by atoms with Crippen LogP contribution in [0.15, 0.2) is 24.3 Å². The molecule has 0 aromatic heterocycles. The van der Waals surface area contributed by atoms with E-state index >= 15 is 0 Å². The number of ketones is 1. The molecular weight excluding hydrogens is 340 g/mol. The third-order valence-electron chi connectivity index (χ3n) is 4.55. The van der Waals surface area contributed by atoms with Crippen molar-refractivity contribution in [2.45, 2.75) is 84.5 Å². The van der Waals surface area contributed by atoms with Crippen molar-refractivity contribution in [2.24, 2.45) is 0 Å². The minimum Gasteiger partial charge on any atom is -0.494 e. The maximum absolute atomic E-state index is 12.0. The Morgan fingerprint density at radius 3 is 1.89 bits per heavy atom. The van der Waals surface area contributed by atoms with Crippen LogP contribution in [0.5, 0.6) is 5.75 Å². The summed E-state index contributed by atoms with van der Waals surface area (Å²) in [7, 11) is 0. The van der Waals surface area contributed by atoms with E-state index in [9.17, 15) is 9.59 Å². The number of hydrogen-bond acceptors (Lipinski definition) is 4. The molecule has 4 nitrogen and oxygen atoms in total. The molecule has 0 amide bonds. The van der Waals surface area contributed by atoms with Gasteiger partial charge in [0.25, 0.3) is 0 Å². The summed E-state index contributed by atoms with van der Waals surface area (Å²) < 4.78 is 10.5. The molecule has 1 rings (SSSR count). The summed E-state index contributed by atoms with van der Waals surface area (Å²) in [6.07, 6.45) is 12.8. The Bertz CT molecular complexity index is 522. The second-order valence-corrected chi connectivity index (χ2v) is 6.96. The average molecular weight is 377 g/mol. The van der Waals surface area contributed by atoms with E-state index in [1.165, 1.54) is 57.8 Å². The highest BCUT2D eigenvalue weighted by Gasteiger charge is 2.12. The van der Waals surface area contributed by atoms with Crippen LogP contribution in [0.2, 0.25) is 0 Å². The van der Waals surface area contributed by atoms with Crippen molar-refractivity contribution in [3.63, 3.8) is 0 Å². The van der Waals surface area contributed by atoms with Crippen LogP contribution < -0.4 is 4.74 Å². The molecule has 152 valence electrons. The van der Waals surface area contributed by atoms with E-state index in [1.807, 2.05) is 0 Å². The van der Waals surface area contributed by atoms with Crippen LogP contribution >= 0.6 is 0 Å². The molecular formula is C23H36O4. The van der Waals surface area contributed by atoms with Crippen LogP contribution in [0, 0.1) is 0 Å². The highest BCUT2D eigenvalue weighted by molar-refractivity contribution is 6.05. The number of esters is 1. The number of ether oxygens (including phenoxy) is 2. The van der Waals surface area contributed by atoms with Crippen molar-refractivity contribution in [1.82, 2.24) is 0 Å². The molecule has 0 radical (unpaired) electrons. The van der Waals surface area contributed by atoms with Gasteiger partial charge in [0.05, 0.1) is 13.2 Å². The number of Topliss-reactive ketones (excluding diaryl/α,β-unsaturated/α-hetero) is 1. The van der Waals surface area contributed by atoms with Crippen LogP contribution in [0.4, 0.5) is 0 Å². The van der Waals surface area contributed by atoms with Gasteiger partial charge >= 0.3 is 5.97 Å². The molecule has 0 fully saturated rings. The Kier molecular flexibility index (Phi) is 13.1. The van der Waals surface area contributed by atoms with Crippen molar-refractivity contribution >= 4 is 11.8 Å². The van der Waals surface area contributed by atoms with E-state index in [-0.39, 0.29) is 18.8 Å². The monoisotopic (exact) mass is 376 g/mol. The van der Waals surface area contributed by atoms with Gasteiger partial charge in [-0.3, -0.25) is 9.59 Å². The third kappa shape index (κ3) is 11.5. The summed E-state index contributed by atoms with van der Waals surface area (Å²) >= 11 is 0. The van der Waals surface area contributed by atoms with E-state index in [4.69, 9.17) is 9.47 Å². The topological polar surface area (TPSA) is 52.6 Å². The van der Waals surface area contributed by atoms with Crippen molar-refractivity contribution < 1.29 is 19.1 Å². The number of carbonyl (C=O) groups is 2. The summed E-state index contributed by atoms with van der Waals surface area (Å²) in [4.78, 5) is 23.3. The predicted octanol–water partition coefficient (Wildman–Crippen LogP) is 6.12. The molecule has 0 aliphatic carbocycles. The van der Waals surface area contributed by atoms with Crippen LogP contribution in [-0.2, 0) is 9.53 Å². The normalized spacial score (nSPS) is 10.6. The summed E-state index contributed by atoms with van der Waals surface area (Å²) in [5, 5.41) is 0. The SMILES string of the molecule is CCCCCCCCCCCCOc1ccc(C(=O)CC(=O)OCC)cc1. The number of benzene rings is 1. The lowest BCUT2D eigenvalue weighted by Crippen LogP contribution is -2.11. The molecule has 0 N–H and O–H groups in total. The summed E-state index contributed by atoms with van der Waals surface area (Å²) in [5.74, 6) is 0.0529. The molecule has 1 aromatic carbocycles. The minimum absolute atomic E-state index is 0.216. The number of rotatable bonds is 16. The Morgan fingerprint density at radius 1 is 0.778 bits per heavy atom. The van der Waals surface area contributed by atoms with Gasteiger partial charge in [-0.05, 0) is 37.6 Å². The number of carbonyl (C=O) groups excluding carboxylic acids is 2. The lowest BCUT2D eigenvalue weighted by molar-refractivity contribution is -0.141. The maximum Gasteiger partial charge on any atom is 0.313 e. The fourth-order valence-corrected chi connectivity index (χ4v) is 2.96. The fraction of sp³-hybridized carbons (Fsp3) is 0.652. The van der Waals surface area contributed by atoms with Gasteiger partial charge < -0.3 is 9.47 Å². The molecule has 0 atom stereocenters. The van der Waals surface area contributed by atoms with Crippen LogP contribution in [0.25, 0.3) is 0 Å². The molecule has 0 aliphatic heterocycles. The van der Waals surface area contributed by atoms with E-state index in [0.29, 0.717) is 12.2 Å². The van der Waals surface area contributed by atoms with Crippen molar-refractivity contribution in [2.75, 3.05) is 13.2 Å². The molecule has 0 bridgehead atoms. The van der Waals surface area contributed by atoms with Crippen molar-refractivity contribution in [1.29, 1.82) is 0 Å². The van der Waals surface area contributed by atoms with Crippen LogP contribution in [0.3, 0.4) is 0 Å². The van der Waals surface area contributed by atoms with Gasteiger partial charge in [-0.15, -0.1) is 0 Å². The number of hydrogen-bond donors (Lipinski definition) is 0. The highest BCUT2D eigenvalue weighted by Crippen LogP contribution is 2.15. The van der Waals surface area contributed by atoms with E-state index in [0.717, 1.165) is 12.2 Å².